The molecule has 1 aliphatic carbocycles. The molecular formula is C14H23N5O2. The zero-order valence-corrected chi connectivity index (χ0v) is 12.2. The molecule has 0 unspecified atom stereocenters. The van der Waals surface area contributed by atoms with Crippen molar-refractivity contribution in [2.24, 2.45) is 5.41 Å². The van der Waals surface area contributed by atoms with Crippen molar-refractivity contribution in [2.45, 2.75) is 38.1 Å². The largest absolute Gasteiger partial charge is 0.396 e. The molecule has 0 atom stereocenters. The van der Waals surface area contributed by atoms with Crippen LogP contribution in [0.25, 0.3) is 0 Å². The molecule has 1 aromatic heterocycles. The molecule has 1 aliphatic heterocycles. The minimum atomic E-state index is -0.167. The Morgan fingerprint density at radius 1 is 1.48 bits per heavy atom. The van der Waals surface area contributed by atoms with Gasteiger partial charge in [-0.15, -0.1) is 5.10 Å². The molecule has 0 radical (unpaired) electrons. The topological polar surface area (TPSA) is 92.1 Å². The Balaban J connectivity index is 1.54. The molecule has 1 saturated heterocycles. The highest BCUT2D eigenvalue weighted by atomic mass is 16.3. The number of amides is 1. The SMILES string of the molecule is O=C(NCC1(CCO)CC1)c1cn(C2CCNCC2)nn1. The molecule has 3 rings (SSSR count). The summed E-state index contributed by atoms with van der Waals surface area (Å²) in [6.45, 7) is 2.76. The lowest BCUT2D eigenvalue weighted by atomic mass is 10.0. The zero-order valence-electron chi connectivity index (χ0n) is 12.2. The van der Waals surface area contributed by atoms with Gasteiger partial charge in [0.15, 0.2) is 5.69 Å². The van der Waals surface area contributed by atoms with Gasteiger partial charge >= 0.3 is 0 Å². The Labute approximate surface area is 124 Å². The number of nitrogens with zero attached hydrogens (tertiary/aromatic N) is 3. The number of aliphatic hydroxyl groups excluding tert-OH is 1. The lowest BCUT2D eigenvalue weighted by Gasteiger charge is -2.22. The highest BCUT2D eigenvalue weighted by molar-refractivity contribution is 5.91. The molecular weight excluding hydrogens is 270 g/mol. The quantitative estimate of drug-likeness (QED) is 0.691. The summed E-state index contributed by atoms with van der Waals surface area (Å²) in [7, 11) is 0. The summed E-state index contributed by atoms with van der Waals surface area (Å²) in [6.07, 6.45) is 6.70. The van der Waals surface area contributed by atoms with Crippen molar-refractivity contribution in [1.29, 1.82) is 0 Å². The molecule has 0 spiro atoms. The fourth-order valence-corrected chi connectivity index (χ4v) is 2.92. The molecule has 116 valence electrons. The van der Waals surface area contributed by atoms with Gasteiger partial charge in [0.05, 0.1) is 12.2 Å². The summed E-state index contributed by atoms with van der Waals surface area (Å²) >= 11 is 0. The Hall–Kier alpha value is -1.47. The van der Waals surface area contributed by atoms with Crippen LogP contribution in [-0.4, -0.2) is 52.2 Å². The zero-order chi connectivity index (χ0) is 14.7. The molecule has 21 heavy (non-hydrogen) atoms. The molecule has 3 N–H and O–H groups in total. The van der Waals surface area contributed by atoms with E-state index >= 15 is 0 Å². The third kappa shape index (κ3) is 3.41. The molecule has 7 nitrogen and oxygen atoms in total. The molecule has 1 saturated carbocycles. The fraction of sp³-hybridized carbons (Fsp3) is 0.786. The van der Waals surface area contributed by atoms with Crippen LogP contribution < -0.4 is 10.6 Å². The third-order valence-corrected chi connectivity index (χ3v) is 4.65. The lowest BCUT2D eigenvalue weighted by Crippen LogP contribution is -2.31. The number of hydrogen-bond acceptors (Lipinski definition) is 5. The van der Waals surface area contributed by atoms with Crippen LogP contribution in [0.4, 0.5) is 0 Å². The summed E-state index contributed by atoms with van der Waals surface area (Å²) in [4.78, 5) is 12.1. The van der Waals surface area contributed by atoms with Crippen molar-refractivity contribution >= 4 is 5.91 Å². The van der Waals surface area contributed by atoms with Crippen molar-refractivity contribution in [1.82, 2.24) is 25.6 Å². The van der Waals surface area contributed by atoms with E-state index in [-0.39, 0.29) is 17.9 Å². The van der Waals surface area contributed by atoms with E-state index in [2.05, 4.69) is 20.9 Å². The average Bonchev–Trinajstić information content (AvgIpc) is 3.10. The first-order valence-corrected chi connectivity index (χ1v) is 7.74. The highest BCUT2D eigenvalue weighted by Crippen LogP contribution is 2.47. The van der Waals surface area contributed by atoms with Gasteiger partial charge in [0.2, 0.25) is 0 Å². The lowest BCUT2D eigenvalue weighted by molar-refractivity contribution is 0.0935. The summed E-state index contributed by atoms with van der Waals surface area (Å²) < 4.78 is 1.82. The van der Waals surface area contributed by atoms with E-state index in [1.807, 2.05) is 4.68 Å². The monoisotopic (exact) mass is 293 g/mol. The van der Waals surface area contributed by atoms with Gasteiger partial charge in [0, 0.05) is 13.2 Å². The number of rotatable bonds is 6. The first kappa shape index (κ1) is 14.5. The van der Waals surface area contributed by atoms with Crippen LogP contribution in [0.15, 0.2) is 6.20 Å². The smallest absolute Gasteiger partial charge is 0.273 e. The van der Waals surface area contributed by atoms with E-state index in [4.69, 9.17) is 5.11 Å². The average molecular weight is 293 g/mol. The van der Waals surface area contributed by atoms with Gasteiger partial charge in [-0.1, -0.05) is 5.21 Å². The third-order valence-electron chi connectivity index (χ3n) is 4.65. The minimum Gasteiger partial charge on any atom is -0.396 e. The van der Waals surface area contributed by atoms with Gasteiger partial charge < -0.3 is 15.7 Å². The van der Waals surface area contributed by atoms with E-state index in [0.29, 0.717) is 18.3 Å². The van der Waals surface area contributed by atoms with Crippen LogP contribution in [0.1, 0.15) is 48.6 Å². The summed E-state index contributed by atoms with van der Waals surface area (Å²) in [5.74, 6) is -0.167. The number of carbonyl (C=O) groups excluding carboxylic acids is 1. The van der Waals surface area contributed by atoms with Crippen molar-refractivity contribution in [3.63, 3.8) is 0 Å². The van der Waals surface area contributed by atoms with E-state index in [9.17, 15) is 4.79 Å². The molecule has 0 bridgehead atoms. The highest BCUT2D eigenvalue weighted by Gasteiger charge is 2.42. The Kier molecular flexibility index (Phi) is 4.21. The Bertz CT molecular complexity index is 491. The van der Waals surface area contributed by atoms with E-state index in [1.54, 1.807) is 6.20 Å². The molecule has 2 fully saturated rings. The first-order chi connectivity index (χ1) is 10.2. The van der Waals surface area contributed by atoms with E-state index < -0.39 is 0 Å². The first-order valence-electron chi connectivity index (χ1n) is 7.74. The molecule has 1 amide bonds. The molecule has 1 aromatic rings. The fourth-order valence-electron chi connectivity index (χ4n) is 2.92. The van der Waals surface area contributed by atoms with Crippen molar-refractivity contribution in [3.8, 4) is 0 Å². The standard InChI is InChI=1S/C14H23N5O2/c20-8-5-14(3-4-14)10-16-13(21)12-9-19(18-17-12)11-1-6-15-7-2-11/h9,11,15,20H,1-8,10H2,(H,16,21). The van der Waals surface area contributed by atoms with Crippen molar-refractivity contribution in [3.05, 3.63) is 11.9 Å². The van der Waals surface area contributed by atoms with Crippen molar-refractivity contribution in [2.75, 3.05) is 26.2 Å². The second kappa shape index (κ2) is 6.11. The van der Waals surface area contributed by atoms with Crippen LogP contribution >= 0.6 is 0 Å². The number of piperidine rings is 1. The van der Waals surface area contributed by atoms with Gasteiger partial charge in [0.1, 0.15) is 0 Å². The number of carbonyl (C=O) groups is 1. The predicted octanol–water partition coefficient (Wildman–Crippen LogP) is 0.0950. The number of aliphatic hydroxyl groups is 1. The minimum absolute atomic E-state index is 0.120. The maximum Gasteiger partial charge on any atom is 0.273 e. The second-order valence-corrected chi connectivity index (χ2v) is 6.22. The summed E-state index contributed by atoms with van der Waals surface area (Å²) in [6, 6.07) is 0.337. The summed E-state index contributed by atoms with van der Waals surface area (Å²) in [5, 5.41) is 23.3. The van der Waals surface area contributed by atoms with E-state index in [1.165, 1.54) is 0 Å². The molecule has 7 heteroatoms. The van der Waals surface area contributed by atoms with Gasteiger partial charge in [-0.3, -0.25) is 4.79 Å². The van der Waals surface area contributed by atoms with Crippen LogP contribution in [0.3, 0.4) is 0 Å². The van der Waals surface area contributed by atoms with Gasteiger partial charge in [-0.2, -0.15) is 0 Å². The number of nitrogens with one attached hydrogen (secondary N) is 2. The number of aromatic nitrogens is 3. The van der Waals surface area contributed by atoms with Crippen molar-refractivity contribution < 1.29 is 9.90 Å². The maximum absolute atomic E-state index is 12.1. The maximum atomic E-state index is 12.1. The summed E-state index contributed by atoms with van der Waals surface area (Å²) in [5.41, 5.74) is 0.503. The van der Waals surface area contributed by atoms with Crippen LogP contribution in [0.5, 0.6) is 0 Å². The molecule has 2 heterocycles. The van der Waals surface area contributed by atoms with Crippen LogP contribution in [0, 0.1) is 5.41 Å². The van der Waals surface area contributed by atoms with E-state index in [0.717, 1.165) is 45.2 Å². The van der Waals surface area contributed by atoms with Crippen LogP contribution in [0.2, 0.25) is 0 Å². The second-order valence-electron chi connectivity index (χ2n) is 6.22. The Morgan fingerprint density at radius 3 is 2.90 bits per heavy atom. The molecule has 0 aromatic carbocycles. The van der Waals surface area contributed by atoms with Gasteiger partial charge in [-0.05, 0) is 50.6 Å². The van der Waals surface area contributed by atoms with Gasteiger partial charge in [0.25, 0.3) is 5.91 Å². The Morgan fingerprint density at radius 2 is 2.24 bits per heavy atom. The van der Waals surface area contributed by atoms with Crippen LogP contribution in [-0.2, 0) is 0 Å². The molecule has 2 aliphatic rings. The number of hydrogen-bond donors (Lipinski definition) is 3. The van der Waals surface area contributed by atoms with Gasteiger partial charge in [-0.25, -0.2) is 4.68 Å². The predicted molar refractivity (Wildman–Crippen MR) is 76.9 cm³/mol. The normalized spacial score (nSPS) is 21.2.